The highest BCUT2D eigenvalue weighted by Crippen LogP contribution is 2.25. The minimum atomic E-state index is -0.509. The van der Waals surface area contributed by atoms with E-state index in [9.17, 15) is 4.79 Å². The fourth-order valence-electron chi connectivity index (χ4n) is 3.10. The van der Waals surface area contributed by atoms with E-state index in [1.54, 1.807) is 0 Å². The lowest BCUT2D eigenvalue weighted by molar-refractivity contribution is 0.0157. The second-order valence-electron chi connectivity index (χ2n) is 6.73. The number of aromatic nitrogens is 2. The van der Waals surface area contributed by atoms with Gasteiger partial charge in [-0.1, -0.05) is 28.1 Å². The maximum Gasteiger partial charge on any atom is 0.360 e. The van der Waals surface area contributed by atoms with Crippen LogP contribution in [0, 0.1) is 6.92 Å². The van der Waals surface area contributed by atoms with Crippen LogP contribution >= 0.6 is 15.9 Å². The van der Waals surface area contributed by atoms with Crippen LogP contribution in [-0.2, 0) is 9.47 Å². The molecule has 1 atom stereocenters. The van der Waals surface area contributed by atoms with Crippen LogP contribution in [0.3, 0.4) is 0 Å². The van der Waals surface area contributed by atoms with Crippen molar-refractivity contribution in [3.63, 3.8) is 0 Å². The molecule has 2 aromatic carbocycles. The maximum absolute atomic E-state index is 12.7. The van der Waals surface area contributed by atoms with Gasteiger partial charge in [-0.15, -0.1) is 0 Å². The number of esters is 1. The van der Waals surface area contributed by atoms with Gasteiger partial charge in [0.25, 0.3) is 0 Å². The molecule has 1 N–H and O–H groups in total. The van der Waals surface area contributed by atoms with Gasteiger partial charge in [-0.2, -0.15) is 0 Å². The second kappa shape index (κ2) is 8.24. The van der Waals surface area contributed by atoms with Gasteiger partial charge in [-0.3, -0.25) is 0 Å². The number of fused-ring (bicyclic) bond motifs is 1. The number of halogens is 1. The summed E-state index contributed by atoms with van der Waals surface area (Å²) in [5, 5.41) is 3.22. The number of rotatable bonds is 5. The van der Waals surface area contributed by atoms with E-state index in [0.717, 1.165) is 28.6 Å². The van der Waals surface area contributed by atoms with Gasteiger partial charge in [0.1, 0.15) is 6.61 Å². The highest BCUT2D eigenvalue weighted by atomic mass is 79.9. The molecule has 1 aliphatic heterocycles. The van der Waals surface area contributed by atoms with Gasteiger partial charge in [-0.25, -0.2) is 14.8 Å². The number of aryl methyl sites for hydroxylation is 1. The normalized spacial score (nSPS) is 16.3. The van der Waals surface area contributed by atoms with Crippen LogP contribution in [0.15, 0.2) is 46.9 Å². The maximum atomic E-state index is 12.7. The van der Waals surface area contributed by atoms with Crippen molar-refractivity contribution in [2.75, 3.05) is 18.5 Å². The van der Waals surface area contributed by atoms with Crippen molar-refractivity contribution in [3.05, 3.63) is 58.2 Å². The van der Waals surface area contributed by atoms with Gasteiger partial charge < -0.3 is 14.8 Å². The van der Waals surface area contributed by atoms with Crippen LogP contribution < -0.4 is 5.32 Å². The van der Waals surface area contributed by atoms with E-state index in [1.807, 2.05) is 49.4 Å². The number of hydrogen-bond acceptors (Lipinski definition) is 6. The zero-order chi connectivity index (χ0) is 19.5. The number of carbonyl (C=O) groups is 1. The van der Waals surface area contributed by atoms with Gasteiger partial charge in [0.15, 0.2) is 11.5 Å². The lowest BCUT2D eigenvalue weighted by Crippen LogP contribution is -2.19. The molecule has 1 aromatic heterocycles. The molecule has 0 bridgehead atoms. The summed E-state index contributed by atoms with van der Waals surface area (Å²) in [4.78, 5) is 21.9. The van der Waals surface area contributed by atoms with E-state index in [-0.39, 0.29) is 18.4 Å². The third-order valence-corrected chi connectivity index (χ3v) is 5.50. The average molecular weight is 442 g/mol. The molecule has 0 saturated carbocycles. The third kappa shape index (κ3) is 4.15. The van der Waals surface area contributed by atoms with Crippen LogP contribution in [0.5, 0.6) is 0 Å². The first-order valence-corrected chi connectivity index (χ1v) is 9.98. The zero-order valence-electron chi connectivity index (χ0n) is 15.4. The topological polar surface area (TPSA) is 73.3 Å². The fourth-order valence-corrected chi connectivity index (χ4v) is 3.35. The van der Waals surface area contributed by atoms with Crippen LogP contribution in [0.1, 0.15) is 28.9 Å². The Hall–Kier alpha value is -2.51. The molecule has 3 aromatic rings. The first-order valence-electron chi connectivity index (χ1n) is 9.19. The molecule has 0 amide bonds. The van der Waals surface area contributed by atoms with Crippen molar-refractivity contribution in [3.8, 4) is 0 Å². The summed E-state index contributed by atoms with van der Waals surface area (Å²) in [6.45, 7) is 2.94. The Labute approximate surface area is 171 Å². The van der Waals surface area contributed by atoms with Gasteiger partial charge in [0.05, 0.1) is 17.1 Å². The number of benzene rings is 2. The number of nitrogens with one attached hydrogen (secondary N) is 1. The molecular weight excluding hydrogens is 422 g/mol. The molecule has 6 nitrogen and oxygen atoms in total. The van der Waals surface area contributed by atoms with E-state index in [1.165, 1.54) is 0 Å². The van der Waals surface area contributed by atoms with Gasteiger partial charge in [0, 0.05) is 16.8 Å². The van der Waals surface area contributed by atoms with Crippen molar-refractivity contribution >= 4 is 44.4 Å². The first kappa shape index (κ1) is 18.8. The SMILES string of the molecule is Cc1cc(Nc2nc3ccccc3nc2C(=O)OC[C@H]2CCCO2)ccc1Br. The summed E-state index contributed by atoms with van der Waals surface area (Å²) in [7, 11) is 0. The molecule has 1 fully saturated rings. The first-order chi connectivity index (χ1) is 13.6. The van der Waals surface area contributed by atoms with Crippen LogP contribution in [0.25, 0.3) is 11.0 Å². The molecule has 28 heavy (non-hydrogen) atoms. The van der Waals surface area contributed by atoms with E-state index in [2.05, 4.69) is 31.2 Å². The smallest absolute Gasteiger partial charge is 0.360 e. The molecule has 2 heterocycles. The molecule has 0 aliphatic carbocycles. The minimum Gasteiger partial charge on any atom is -0.458 e. The Morgan fingerprint density at radius 3 is 2.75 bits per heavy atom. The van der Waals surface area contributed by atoms with Crippen molar-refractivity contribution in [1.29, 1.82) is 0 Å². The number of hydrogen-bond donors (Lipinski definition) is 1. The molecule has 144 valence electrons. The predicted octanol–water partition coefficient (Wildman–Crippen LogP) is 4.78. The van der Waals surface area contributed by atoms with Gasteiger partial charge >= 0.3 is 5.97 Å². The molecule has 7 heteroatoms. The third-order valence-electron chi connectivity index (χ3n) is 4.61. The quantitative estimate of drug-likeness (QED) is 0.574. The Bertz CT molecular complexity index is 1020. The minimum absolute atomic E-state index is 0.0390. The number of para-hydroxylation sites is 2. The van der Waals surface area contributed by atoms with Gasteiger partial charge in [-0.05, 0) is 55.7 Å². The second-order valence-corrected chi connectivity index (χ2v) is 7.59. The summed E-state index contributed by atoms with van der Waals surface area (Å²) in [6.07, 6.45) is 1.86. The summed E-state index contributed by atoms with van der Waals surface area (Å²) in [5.74, 6) is -0.136. The molecule has 0 radical (unpaired) electrons. The highest BCUT2D eigenvalue weighted by Gasteiger charge is 2.22. The Morgan fingerprint density at radius 2 is 2.04 bits per heavy atom. The highest BCUT2D eigenvalue weighted by molar-refractivity contribution is 9.10. The molecule has 0 unspecified atom stereocenters. The Balaban J connectivity index is 1.65. The lowest BCUT2D eigenvalue weighted by Gasteiger charge is -2.14. The Kier molecular flexibility index (Phi) is 5.54. The van der Waals surface area contributed by atoms with Crippen molar-refractivity contribution in [1.82, 2.24) is 9.97 Å². The average Bonchev–Trinajstić information content (AvgIpc) is 3.22. The summed E-state index contributed by atoms with van der Waals surface area (Å²) in [5.41, 5.74) is 3.40. The number of anilines is 2. The number of carbonyl (C=O) groups excluding carboxylic acids is 1. The van der Waals surface area contributed by atoms with Crippen molar-refractivity contribution < 1.29 is 14.3 Å². The van der Waals surface area contributed by atoms with Crippen LogP contribution in [0.2, 0.25) is 0 Å². The molecule has 1 aliphatic rings. The number of nitrogens with zero attached hydrogens (tertiary/aromatic N) is 2. The van der Waals surface area contributed by atoms with Crippen LogP contribution in [0.4, 0.5) is 11.5 Å². The van der Waals surface area contributed by atoms with Gasteiger partial charge in [0.2, 0.25) is 0 Å². The largest absolute Gasteiger partial charge is 0.458 e. The van der Waals surface area contributed by atoms with Crippen LogP contribution in [-0.4, -0.2) is 35.3 Å². The summed E-state index contributed by atoms with van der Waals surface area (Å²) in [6, 6.07) is 13.3. The number of ether oxygens (including phenoxy) is 2. The standard InChI is InChI=1S/C21H20BrN3O3/c1-13-11-14(8-9-16(13)22)23-20-19(21(26)28-12-15-5-4-10-27-15)24-17-6-2-3-7-18(17)25-20/h2-3,6-9,11,15H,4-5,10,12H2,1H3,(H,23,25)/t15-/m1/s1. The monoisotopic (exact) mass is 441 g/mol. The van der Waals surface area contributed by atoms with E-state index in [0.29, 0.717) is 23.5 Å². The van der Waals surface area contributed by atoms with E-state index < -0.39 is 5.97 Å². The van der Waals surface area contributed by atoms with E-state index in [4.69, 9.17) is 9.47 Å². The molecular formula is C21H20BrN3O3. The molecule has 4 rings (SSSR count). The van der Waals surface area contributed by atoms with Crippen molar-refractivity contribution in [2.24, 2.45) is 0 Å². The predicted molar refractivity (Wildman–Crippen MR) is 111 cm³/mol. The Morgan fingerprint density at radius 1 is 1.25 bits per heavy atom. The zero-order valence-corrected chi connectivity index (χ0v) is 17.0. The summed E-state index contributed by atoms with van der Waals surface area (Å²) < 4.78 is 12.0. The summed E-state index contributed by atoms with van der Waals surface area (Å²) >= 11 is 3.50. The molecule has 1 saturated heterocycles. The fraction of sp³-hybridized carbons (Fsp3) is 0.286. The molecule has 0 spiro atoms. The van der Waals surface area contributed by atoms with E-state index >= 15 is 0 Å². The van der Waals surface area contributed by atoms with Crippen molar-refractivity contribution in [2.45, 2.75) is 25.9 Å². The lowest BCUT2D eigenvalue weighted by atomic mass is 10.2.